The van der Waals surface area contributed by atoms with E-state index in [4.69, 9.17) is 5.73 Å². The van der Waals surface area contributed by atoms with Gasteiger partial charge in [0.05, 0.1) is 6.20 Å². The average molecular weight is 548 g/mol. The second-order valence-corrected chi connectivity index (χ2v) is 8.77. The normalized spacial score (nSPS) is 9.07. The number of anilines is 2. The van der Waals surface area contributed by atoms with Crippen LogP contribution in [0.4, 0.5) is 11.5 Å². The highest BCUT2D eigenvalue weighted by Gasteiger charge is 2.06. The van der Waals surface area contributed by atoms with E-state index in [2.05, 4.69) is 80.9 Å². The maximum absolute atomic E-state index is 10.9. The van der Waals surface area contributed by atoms with Crippen molar-refractivity contribution in [2.24, 2.45) is 0 Å². The largest absolute Gasteiger partial charge is 0.384 e. The summed E-state index contributed by atoms with van der Waals surface area (Å²) < 4.78 is 1.81. The van der Waals surface area contributed by atoms with Gasteiger partial charge in [-0.25, -0.2) is 9.50 Å². The predicted octanol–water partition coefficient (Wildman–Crippen LogP) is 8.19. The van der Waals surface area contributed by atoms with Crippen molar-refractivity contribution < 1.29 is 9.59 Å². The van der Waals surface area contributed by atoms with Crippen molar-refractivity contribution in [1.82, 2.24) is 14.6 Å². The molecule has 4 aromatic rings. The number of aryl methyl sites for hydroxylation is 4. The molecule has 2 aromatic carbocycles. The molecular weight excluding hydrogens is 498 g/mol. The summed E-state index contributed by atoms with van der Waals surface area (Å²) in [6.07, 6.45) is 5.22. The number of nitrogens with two attached hydrogens (primary N) is 1. The first-order chi connectivity index (χ1) is 18.1. The number of hydrogen-bond donors (Lipinski definition) is 2. The zero-order chi connectivity index (χ0) is 28.7. The molecule has 0 aliphatic rings. The van der Waals surface area contributed by atoms with E-state index in [9.17, 15) is 9.59 Å². The highest BCUT2D eigenvalue weighted by molar-refractivity contribution is 5.99. The fourth-order valence-electron chi connectivity index (χ4n) is 3.22. The Bertz CT molecular complexity index is 1310. The summed E-state index contributed by atoms with van der Waals surface area (Å²) in [6.45, 7) is 17.3. The van der Waals surface area contributed by atoms with Crippen LogP contribution in [0.5, 0.6) is 0 Å². The Kier molecular flexibility index (Phi) is 18.7. The number of nitrogen functional groups attached to an aromatic ring is 1. The Morgan fingerprint density at radius 3 is 1.95 bits per heavy atom. The molecule has 0 radical (unpaired) electrons. The standard InChI is InChI=1S/C11H11NO2.C9H12N4.C8H10.C3H8.2CH4/c1-3-11(14)12-10-6-4-9(5-7-10)8(2)13;1-3-7-5-11-13-6(2)4-8(10)12-9(7)13;1-7-4-3-5-8(2)6-7;1-3-2;;/h3-7H,1H2,2H3,(H,12,14);4-5H,3H2,1-2H3,(H2,10,12);3-6H,1-2H3;3H2,1-2H3;2*1H4. The Balaban J connectivity index is 0. The quantitative estimate of drug-likeness (QED) is 0.198. The molecule has 2 aromatic heterocycles. The maximum Gasteiger partial charge on any atom is 0.247 e. The smallest absolute Gasteiger partial charge is 0.247 e. The number of nitrogens with zero attached hydrogens (tertiary/aromatic N) is 3. The molecule has 3 N–H and O–H groups in total. The number of ketones is 1. The summed E-state index contributed by atoms with van der Waals surface area (Å²) in [7, 11) is 0. The van der Waals surface area contributed by atoms with Crippen LogP contribution in [0.3, 0.4) is 0 Å². The fraction of sp³-hybridized carbons (Fsp3) is 0.333. The third kappa shape index (κ3) is 13.0. The van der Waals surface area contributed by atoms with Crippen LogP contribution in [-0.2, 0) is 11.2 Å². The van der Waals surface area contributed by atoms with Gasteiger partial charge in [-0.05, 0) is 64.5 Å². The minimum absolute atomic E-state index is 0. The number of fused-ring (bicyclic) bond motifs is 1. The zero-order valence-electron chi connectivity index (χ0n) is 23.7. The number of rotatable bonds is 4. The summed E-state index contributed by atoms with van der Waals surface area (Å²) in [4.78, 5) is 26.1. The molecule has 0 unspecified atom stereocenters. The lowest BCUT2D eigenvalue weighted by Crippen LogP contribution is -2.07. The highest BCUT2D eigenvalue weighted by Crippen LogP contribution is 2.13. The Morgan fingerprint density at radius 2 is 1.52 bits per heavy atom. The number of Topliss-reactive ketones (excluding diaryl/α,β-unsaturated/α-hetero) is 1. The molecule has 0 spiro atoms. The van der Waals surface area contributed by atoms with Gasteiger partial charge in [-0.3, -0.25) is 9.59 Å². The van der Waals surface area contributed by atoms with E-state index < -0.39 is 0 Å². The highest BCUT2D eigenvalue weighted by atomic mass is 16.1. The van der Waals surface area contributed by atoms with Crippen molar-refractivity contribution in [3.8, 4) is 0 Å². The van der Waals surface area contributed by atoms with E-state index in [-0.39, 0.29) is 26.5 Å². The van der Waals surface area contributed by atoms with E-state index in [0.717, 1.165) is 23.3 Å². The lowest BCUT2D eigenvalue weighted by molar-refractivity contribution is -0.111. The van der Waals surface area contributed by atoms with Gasteiger partial charge in [0.2, 0.25) is 5.91 Å². The van der Waals surface area contributed by atoms with Gasteiger partial charge < -0.3 is 11.1 Å². The first-order valence-electron chi connectivity index (χ1n) is 12.7. The minimum atomic E-state index is -0.263. The van der Waals surface area contributed by atoms with E-state index in [1.54, 1.807) is 24.3 Å². The molecule has 2 heterocycles. The molecule has 7 nitrogen and oxygen atoms in total. The molecule has 0 saturated heterocycles. The van der Waals surface area contributed by atoms with Crippen LogP contribution in [0.15, 0.2) is 73.4 Å². The van der Waals surface area contributed by atoms with Gasteiger partial charge >= 0.3 is 0 Å². The molecule has 0 aliphatic heterocycles. The molecule has 4 rings (SSSR count). The summed E-state index contributed by atoms with van der Waals surface area (Å²) in [5.74, 6) is 0.298. The SMILES string of the molecule is C.C.C=CC(=O)Nc1ccc(C(C)=O)cc1.CCC.CCc1cnn2c(C)cc(N)nc12.Cc1cccc(C)c1. The van der Waals surface area contributed by atoms with Gasteiger partial charge in [0.15, 0.2) is 11.4 Å². The number of hydrogen-bond acceptors (Lipinski definition) is 5. The van der Waals surface area contributed by atoms with Crippen LogP contribution in [0.25, 0.3) is 5.65 Å². The topological polar surface area (TPSA) is 102 Å². The molecule has 0 fully saturated rings. The first kappa shape index (κ1) is 37.9. The Morgan fingerprint density at radius 1 is 0.975 bits per heavy atom. The van der Waals surface area contributed by atoms with Crippen LogP contribution in [0, 0.1) is 20.8 Å². The summed E-state index contributed by atoms with van der Waals surface area (Å²) in [6, 6.07) is 17.0. The van der Waals surface area contributed by atoms with E-state index in [1.807, 2.05) is 23.7 Å². The maximum atomic E-state index is 10.9. The predicted molar refractivity (Wildman–Crippen MR) is 172 cm³/mol. The number of nitrogens with one attached hydrogen (secondary N) is 1. The van der Waals surface area contributed by atoms with Gasteiger partial charge in [-0.1, -0.05) is 84.0 Å². The number of carbonyl (C=O) groups excluding carboxylic acids is 2. The van der Waals surface area contributed by atoms with Gasteiger partial charge in [0.1, 0.15) is 5.82 Å². The van der Waals surface area contributed by atoms with Gasteiger partial charge in [0, 0.05) is 28.6 Å². The molecule has 1 amide bonds. The lowest BCUT2D eigenvalue weighted by Gasteiger charge is -2.02. The Hall–Kier alpha value is -4.26. The summed E-state index contributed by atoms with van der Waals surface area (Å²) in [5.41, 5.74) is 12.6. The van der Waals surface area contributed by atoms with Crippen LogP contribution in [0.1, 0.15) is 81.7 Å². The van der Waals surface area contributed by atoms with E-state index in [1.165, 1.54) is 30.5 Å². The zero-order valence-corrected chi connectivity index (χ0v) is 23.7. The molecule has 0 atom stereocenters. The number of benzene rings is 2. The van der Waals surface area contributed by atoms with Crippen LogP contribution < -0.4 is 11.1 Å². The van der Waals surface area contributed by atoms with Crippen molar-refractivity contribution in [2.45, 2.75) is 76.2 Å². The molecule has 7 heteroatoms. The molecular formula is C33H49N5O2. The third-order valence-corrected chi connectivity index (χ3v) is 5.04. The van der Waals surface area contributed by atoms with E-state index >= 15 is 0 Å². The summed E-state index contributed by atoms with van der Waals surface area (Å²) >= 11 is 0. The van der Waals surface area contributed by atoms with Gasteiger partial charge in [-0.15, -0.1) is 0 Å². The second kappa shape index (κ2) is 19.8. The fourth-order valence-corrected chi connectivity index (χ4v) is 3.22. The first-order valence-corrected chi connectivity index (χ1v) is 12.7. The molecule has 0 aliphatic carbocycles. The van der Waals surface area contributed by atoms with Crippen LogP contribution in [0.2, 0.25) is 0 Å². The number of amides is 1. The number of carbonyl (C=O) groups is 2. The third-order valence-electron chi connectivity index (χ3n) is 5.04. The number of aromatic nitrogens is 3. The second-order valence-electron chi connectivity index (χ2n) is 8.77. The lowest BCUT2D eigenvalue weighted by atomic mass is 10.1. The summed E-state index contributed by atoms with van der Waals surface area (Å²) in [5, 5.41) is 6.82. The van der Waals surface area contributed by atoms with Crippen molar-refractivity contribution >= 4 is 28.8 Å². The van der Waals surface area contributed by atoms with Crippen molar-refractivity contribution in [3.63, 3.8) is 0 Å². The minimum Gasteiger partial charge on any atom is -0.384 e. The van der Waals surface area contributed by atoms with Gasteiger partial charge in [0.25, 0.3) is 0 Å². The van der Waals surface area contributed by atoms with Crippen LogP contribution in [-0.4, -0.2) is 26.3 Å². The van der Waals surface area contributed by atoms with Crippen molar-refractivity contribution in [1.29, 1.82) is 0 Å². The van der Waals surface area contributed by atoms with Crippen molar-refractivity contribution in [3.05, 3.63) is 101 Å². The molecule has 0 saturated carbocycles. The molecule has 0 bridgehead atoms. The monoisotopic (exact) mass is 547 g/mol. The van der Waals surface area contributed by atoms with Crippen molar-refractivity contribution in [2.75, 3.05) is 11.1 Å². The Labute approximate surface area is 241 Å². The molecule has 218 valence electrons. The van der Waals surface area contributed by atoms with E-state index in [0.29, 0.717) is 17.1 Å². The van der Waals surface area contributed by atoms with Gasteiger partial charge in [-0.2, -0.15) is 5.10 Å². The van der Waals surface area contributed by atoms with Crippen LogP contribution >= 0.6 is 0 Å². The average Bonchev–Trinajstić information content (AvgIpc) is 3.29. The molecule has 40 heavy (non-hydrogen) atoms.